The third-order valence-electron chi connectivity index (χ3n) is 2.04. The van der Waals surface area contributed by atoms with Gasteiger partial charge in [-0.05, 0) is 14.0 Å². The molecule has 0 aromatic heterocycles. The summed E-state index contributed by atoms with van der Waals surface area (Å²) in [5.74, 6) is 1.15. The first-order chi connectivity index (χ1) is 5.74. The number of piperazine rings is 1. The minimum Gasteiger partial charge on any atom is -0.361 e. The fourth-order valence-corrected chi connectivity index (χ4v) is 1.19. The van der Waals surface area contributed by atoms with Gasteiger partial charge in [0, 0.05) is 26.3 Å². The highest BCUT2D eigenvalue weighted by Crippen LogP contribution is 1.99. The predicted molar refractivity (Wildman–Crippen MR) is 52.4 cm³/mol. The first kappa shape index (κ1) is 9.26. The first-order valence-electron chi connectivity index (χ1n) is 4.31. The van der Waals surface area contributed by atoms with Gasteiger partial charge < -0.3 is 4.90 Å². The highest BCUT2D eigenvalue weighted by atomic mass is 15.3. The number of hydrogen-bond donors (Lipinski definition) is 0. The van der Waals surface area contributed by atoms with Gasteiger partial charge in [-0.25, -0.2) is 4.99 Å². The standard InChI is InChI=1S/C9H17N3/c1-4-5-10-9-8-11(2)6-7-12(9)3/h4-5H,6-8H2,1-3H3/b5-4-,10-9?. The van der Waals surface area contributed by atoms with Gasteiger partial charge in [0.2, 0.25) is 0 Å². The molecule has 68 valence electrons. The summed E-state index contributed by atoms with van der Waals surface area (Å²) in [6.07, 6.45) is 3.81. The number of rotatable bonds is 1. The average Bonchev–Trinajstić information content (AvgIpc) is 2.07. The molecule has 1 fully saturated rings. The molecule has 3 heteroatoms. The van der Waals surface area contributed by atoms with Crippen LogP contribution in [0.5, 0.6) is 0 Å². The Morgan fingerprint density at radius 2 is 2.08 bits per heavy atom. The van der Waals surface area contributed by atoms with Crippen molar-refractivity contribution in [1.82, 2.24) is 9.80 Å². The molecular formula is C9H17N3. The number of nitrogens with zero attached hydrogens (tertiary/aromatic N) is 3. The van der Waals surface area contributed by atoms with Crippen LogP contribution >= 0.6 is 0 Å². The molecule has 3 nitrogen and oxygen atoms in total. The third-order valence-corrected chi connectivity index (χ3v) is 2.04. The molecule has 0 atom stereocenters. The molecule has 1 saturated heterocycles. The molecule has 0 N–H and O–H groups in total. The van der Waals surface area contributed by atoms with Crippen molar-refractivity contribution in [2.24, 2.45) is 4.99 Å². The summed E-state index contributed by atoms with van der Waals surface area (Å²) in [4.78, 5) is 8.84. The Labute approximate surface area is 74.4 Å². The summed E-state index contributed by atoms with van der Waals surface area (Å²) in [6, 6.07) is 0. The van der Waals surface area contributed by atoms with Crippen molar-refractivity contribution < 1.29 is 0 Å². The summed E-state index contributed by atoms with van der Waals surface area (Å²) < 4.78 is 0. The SMILES string of the molecule is C/C=C\N=C1CN(C)CCN1C. The second kappa shape index (κ2) is 4.26. The molecule has 1 aliphatic rings. The second-order valence-electron chi connectivity index (χ2n) is 3.19. The lowest BCUT2D eigenvalue weighted by Gasteiger charge is -2.32. The van der Waals surface area contributed by atoms with Crippen molar-refractivity contribution in [3.63, 3.8) is 0 Å². The maximum atomic E-state index is 4.35. The van der Waals surface area contributed by atoms with Crippen LogP contribution in [-0.2, 0) is 0 Å². The average molecular weight is 167 g/mol. The fourth-order valence-electron chi connectivity index (χ4n) is 1.19. The molecular weight excluding hydrogens is 150 g/mol. The van der Waals surface area contributed by atoms with E-state index >= 15 is 0 Å². The van der Waals surface area contributed by atoms with Crippen LogP contribution in [0.4, 0.5) is 0 Å². The van der Waals surface area contributed by atoms with Crippen LogP contribution in [0.25, 0.3) is 0 Å². The van der Waals surface area contributed by atoms with Crippen LogP contribution in [0.3, 0.4) is 0 Å². The highest BCUT2D eigenvalue weighted by molar-refractivity contribution is 5.85. The van der Waals surface area contributed by atoms with Crippen molar-refractivity contribution in [3.05, 3.63) is 12.3 Å². The zero-order valence-corrected chi connectivity index (χ0v) is 8.12. The van der Waals surface area contributed by atoms with E-state index in [4.69, 9.17) is 0 Å². The smallest absolute Gasteiger partial charge is 0.118 e. The van der Waals surface area contributed by atoms with Crippen LogP contribution < -0.4 is 0 Å². The van der Waals surface area contributed by atoms with Crippen molar-refractivity contribution in [2.45, 2.75) is 6.92 Å². The molecule has 0 spiro atoms. The zero-order chi connectivity index (χ0) is 8.97. The van der Waals surface area contributed by atoms with Crippen LogP contribution in [0.1, 0.15) is 6.92 Å². The van der Waals surface area contributed by atoms with Gasteiger partial charge in [-0.2, -0.15) is 0 Å². The van der Waals surface area contributed by atoms with Crippen molar-refractivity contribution in [2.75, 3.05) is 33.7 Å². The lowest BCUT2D eigenvalue weighted by Crippen LogP contribution is -2.46. The third kappa shape index (κ3) is 2.34. The zero-order valence-electron chi connectivity index (χ0n) is 8.12. The van der Waals surface area contributed by atoms with E-state index in [0.717, 1.165) is 25.5 Å². The molecule has 0 aromatic carbocycles. The molecule has 1 aliphatic heterocycles. The molecule has 0 radical (unpaired) electrons. The summed E-state index contributed by atoms with van der Waals surface area (Å²) in [7, 11) is 4.22. The van der Waals surface area contributed by atoms with Gasteiger partial charge in [0.25, 0.3) is 0 Å². The van der Waals surface area contributed by atoms with Crippen LogP contribution in [-0.4, -0.2) is 49.4 Å². The summed E-state index contributed by atoms with van der Waals surface area (Å²) in [5.41, 5.74) is 0. The number of aliphatic imine (C=N–C) groups is 1. The van der Waals surface area contributed by atoms with E-state index in [2.05, 4.69) is 28.9 Å². The highest BCUT2D eigenvalue weighted by Gasteiger charge is 2.14. The molecule has 0 aliphatic carbocycles. The second-order valence-corrected chi connectivity index (χ2v) is 3.19. The van der Waals surface area contributed by atoms with Gasteiger partial charge >= 0.3 is 0 Å². The monoisotopic (exact) mass is 167 g/mol. The Hall–Kier alpha value is -0.830. The Morgan fingerprint density at radius 3 is 2.75 bits per heavy atom. The Morgan fingerprint density at radius 1 is 1.33 bits per heavy atom. The normalized spacial score (nSPS) is 24.2. The van der Waals surface area contributed by atoms with Gasteiger partial charge in [-0.1, -0.05) is 6.08 Å². The molecule has 0 aromatic rings. The predicted octanol–water partition coefficient (Wildman–Crippen LogP) is 0.796. The van der Waals surface area contributed by atoms with Crippen LogP contribution in [0.2, 0.25) is 0 Å². The largest absolute Gasteiger partial charge is 0.361 e. The van der Waals surface area contributed by atoms with Gasteiger partial charge in [0.05, 0.1) is 6.54 Å². The minimum atomic E-state index is 0.959. The molecule has 0 amide bonds. The van der Waals surface area contributed by atoms with E-state index < -0.39 is 0 Å². The van der Waals surface area contributed by atoms with E-state index in [9.17, 15) is 0 Å². The van der Waals surface area contributed by atoms with Gasteiger partial charge in [0.1, 0.15) is 5.84 Å². The molecule has 1 rings (SSSR count). The number of hydrogen-bond acceptors (Lipinski definition) is 2. The lowest BCUT2D eigenvalue weighted by molar-refractivity contribution is 0.289. The number of allylic oxidation sites excluding steroid dienone is 1. The first-order valence-corrected chi connectivity index (χ1v) is 4.31. The number of amidine groups is 1. The Balaban J connectivity index is 2.60. The fraction of sp³-hybridized carbons (Fsp3) is 0.667. The summed E-state index contributed by atoms with van der Waals surface area (Å²) in [6.45, 7) is 5.15. The molecule has 1 heterocycles. The van der Waals surface area contributed by atoms with Gasteiger partial charge in [-0.15, -0.1) is 0 Å². The van der Waals surface area contributed by atoms with Crippen molar-refractivity contribution >= 4 is 5.84 Å². The Kier molecular flexibility index (Phi) is 3.29. The molecule has 12 heavy (non-hydrogen) atoms. The maximum absolute atomic E-state index is 4.35. The maximum Gasteiger partial charge on any atom is 0.118 e. The minimum absolute atomic E-state index is 0.959. The summed E-state index contributed by atoms with van der Waals surface area (Å²) in [5, 5.41) is 0. The molecule has 0 bridgehead atoms. The van der Waals surface area contributed by atoms with E-state index in [1.165, 1.54) is 0 Å². The van der Waals surface area contributed by atoms with Crippen LogP contribution in [0.15, 0.2) is 17.3 Å². The molecule has 0 unspecified atom stereocenters. The topological polar surface area (TPSA) is 18.8 Å². The lowest BCUT2D eigenvalue weighted by atomic mass is 10.3. The van der Waals surface area contributed by atoms with E-state index in [-0.39, 0.29) is 0 Å². The van der Waals surface area contributed by atoms with E-state index in [0.29, 0.717) is 0 Å². The summed E-state index contributed by atoms with van der Waals surface area (Å²) >= 11 is 0. The van der Waals surface area contributed by atoms with Gasteiger partial charge in [0.15, 0.2) is 0 Å². The van der Waals surface area contributed by atoms with Crippen LogP contribution in [0, 0.1) is 0 Å². The van der Waals surface area contributed by atoms with Crippen molar-refractivity contribution in [3.8, 4) is 0 Å². The quantitative estimate of drug-likeness (QED) is 0.575. The van der Waals surface area contributed by atoms with Crippen molar-refractivity contribution in [1.29, 1.82) is 0 Å². The van der Waals surface area contributed by atoms with Gasteiger partial charge in [-0.3, -0.25) is 4.90 Å². The van der Waals surface area contributed by atoms with E-state index in [1.807, 2.05) is 19.2 Å². The Bertz CT molecular complexity index is 196. The molecule has 0 saturated carbocycles. The van der Waals surface area contributed by atoms with E-state index in [1.54, 1.807) is 0 Å². The number of likely N-dealkylation sites (N-methyl/N-ethyl adjacent to an activating group) is 2.